The van der Waals surface area contributed by atoms with Gasteiger partial charge in [0.25, 0.3) is 0 Å². The van der Waals surface area contributed by atoms with Gasteiger partial charge < -0.3 is 4.90 Å². The number of sulfonamides is 1. The number of hydrogen-bond acceptors (Lipinski definition) is 5. The van der Waals surface area contributed by atoms with E-state index in [4.69, 9.17) is 16.6 Å². The molecule has 1 fully saturated rings. The Kier molecular flexibility index (Phi) is 5.66. The van der Waals surface area contributed by atoms with Crippen molar-refractivity contribution in [3.8, 4) is 11.3 Å². The van der Waals surface area contributed by atoms with E-state index in [1.165, 1.54) is 15.4 Å². The summed E-state index contributed by atoms with van der Waals surface area (Å²) in [6.07, 6.45) is 0. The van der Waals surface area contributed by atoms with E-state index < -0.39 is 10.0 Å². The third-order valence-electron chi connectivity index (χ3n) is 5.12. The highest BCUT2D eigenvalue weighted by molar-refractivity contribution is 7.89. The molecule has 5 nitrogen and oxygen atoms in total. The van der Waals surface area contributed by atoms with Crippen LogP contribution in [0.5, 0.6) is 0 Å². The molecule has 1 saturated heterocycles. The number of anilines is 1. The van der Waals surface area contributed by atoms with E-state index in [9.17, 15) is 8.42 Å². The number of benzene rings is 2. The fourth-order valence-electron chi connectivity index (χ4n) is 3.42. The molecule has 0 unspecified atom stereocenters. The van der Waals surface area contributed by atoms with Crippen LogP contribution in [0.1, 0.15) is 11.1 Å². The SMILES string of the molecule is Cc1ccc(C)c(-c2csc(N3CCN(S(=O)(=O)c4ccc(Cl)cc4)CC3)n2)c1. The molecule has 0 aliphatic carbocycles. The van der Waals surface area contributed by atoms with Crippen molar-refractivity contribution >= 4 is 38.1 Å². The molecule has 2 heterocycles. The number of thiazole rings is 1. The summed E-state index contributed by atoms with van der Waals surface area (Å²) in [5.74, 6) is 0. The normalized spacial score (nSPS) is 15.6. The molecule has 29 heavy (non-hydrogen) atoms. The first-order chi connectivity index (χ1) is 13.8. The molecule has 8 heteroatoms. The molecule has 0 bridgehead atoms. The maximum Gasteiger partial charge on any atom is 0.243 e. The smallest absolute Gasteiger partial charge is 0.243 e. The molecule has 0 spiro atoms. The van der Waals surface area contributed by atoms with Gasteiger partial charge in [-0.2, -0.15) is 4.31 Å². The van der Waals surface area contributed by atoms with Crippen molar-refractivity contribution in [1.82, 2.24) is 9.29 Å². The van der Waals surface area contributed by atoms with Crippen molar-refractivity contribution in [3.05, 3.63) is 64.0 Å². The van der Waals surface area contributed by atoms with Crippen LogP contribution >= 0.6 is 22.9 Å². The lowest BCUT2D eigenvalue weighted by Crippen LogP contribution is -2.48. The Labute approximate surface area is 180 Å². The zero-order valence-corrected chi connectivity index (χ0v) is 18.7. The molecule has 1 aromatic heterocycles. The standard InChI is InChI=1S/C21H22ClN3O2S2/c1-15-3-4-16(2)19(13-15)20-14-28-21(23-20)24-9-11-25(12-10-24)29(26,27)18-7-5-17(22)6-8-18/h3-8,13-14H,9-12H2,1-2H3. The highest BCUT2D eigenvalue weighted by Gasteiger charge is 2.29. The summed E-state index contributed by atoms with van der Waals surface area (Å²) >= 11 is 7.48. The average Bonchev–Trinajstić information content (AvgIpc) is 3.20. The molecule has 152 valence electrons. The zero-order chi connectivity index (χ0) is 20.6. The predicted molar refractivity (Wildman–Crippen MR) is 119 cm³/mol. The lowest BCUT2D eigenvalue weighted by atomic mass is 10.0. The summed E-state index contributed by atoms with van der Waals surface area (Å²) in [5.41, 5.74) is 4.53. The summed E-state index contributed by atoms with van der Waals surface area (Å²) in [6.45, 7) is 6.27. The van der Waals surface area contributed by atoms with Gasteiger partial charge in [0.15, 0.2) is 5.13 Å². The van der Waals surface area contributed by atoms with Gasteiger partial charge in [0.1, 0.15) is 0 Å². The summed E-state index contributed by atoms with van der Waals surface area (Å²) in [7, 11) is -3.50. The Balaban J connectivity index is 1.47. The van der Waals surface area contributed by atoms with Gasteiger partial charge in [0.05, 0.1) is 10.6 Å². The van der Waals surface area contributed by atoms with Gasteiger partial charge in [-0.3, -0.25) is 0 Å². The minimum Gasteiger partial charge on any atom is -0.345 e. The van der Waals surface area contributed by atoms with Gasteiger partial charge in [0, 0.05) is 42.1 Å². The van der Waals surface area contributed by atoms with Crippen molar-refractivity contribution in [2.75, 3.05) is 31.1 Å². The molecule has 3 aromatic rings. The molecule has 0 radical (unpaired) electrons. The lowest BCUT2D eigenvalue weighted by molar-refractivity contribution is 0.385. The summed E-state index contributed by atoms with van der Waals surface area (Å²) < 4.78 is 27.2. The van der Waals surface area contributed by atoms with Crippen molar-refractivity contribution < 1.29 is 8.42 Å². The third-order valence-corrected chi connectivity index (χ3v) is 8.19. The van der Waals surface area contributed by atoms with E-state index in [0.29, 0.717) is 31.2 Å². The van der Waals surface area contributed by atoms with Crippen LogP contribution in [0.4, 0.5) is 5.13 Å². The van der Waals surface area contributed by atoms with Gasteiger partial charge in [-0.15, -0.1) is 11.3 Å². The van der Waals surface area contributed by atoms with Gasteiger partial charge in [-0.05, 0) is 49.7 Å². The number of aromatic nitrogens is 1. The minimum absolute atomic E-state index is 0.279. The van der Waals surface area contributed by atoms with Gasteiger partial charge in [-0.1, -0.05) is 29.3 Å². The second-order valence-corrected chi connectivity index (χ2v) is 10.4. The number of hydrogen-bond donors (Lipinski definition) is 0. The molecule has 0 N–H and O–H groups in total. The first-order valence-electron chi connectivity index (χ1n) is 9.38. The van der Waals surface area contributed by atoms with Gasteiger partial charge >= 0.3 is 0 Å². The quantitative estimate of drug-likeness (QED) is 0.586. The monoisotopic (exact) mass is 447 g/mol. The number of halogens is 1. The highest BCUT2D eigenvalue weighted by atomic mass is 35.5. The lowest BCUT2D eigenvalue weighted by Gasteiger charge is -2.33. The highest BCUT2D eigenvalue weighted by Crippen LogP contribution is 2.31. The average molecular weight is 448 g/mol. The molecule has 0 amide bonds. The summed E-state index contributed by atoms with van der Waals surface area (Å²) in [4.78, 5) is 7.26. The Hall–Kier alpha value is -1.93. The van der Waals surface area contributed by atoms with Crippen LogP contribution in [0.25, 0.3) is 11.3 Å². The molecule has 4 rings (SSSR count). The van der Waals surface area contributed by atoms with Crippen LogP contribution in [0.2, 0.25) is 5.02 Å². The van der Waals surface area contributed by atoms with Crippen molar-refractivity contribution in [2.24, 2.45) is 0 Å². The van der Waals surface area contributed by atoms with Crippen molar-refractivity contribution in [3.63, 3.8) is 0 Å². The van der Waals surface area contributed by atoms with Gasteiger partial charge in [-0.25, -0.2) is 13.4 Å². The molecular weight excluding hydrogens is 426 g/mol. The minimum atomic E-state index is -3.50. The first kappa shape index (κ1) is 20.3. The predicted octanol–water partition coefficient (Wildman–Crippen LogP) is 4.59. The fraction of sp³-hybridized carbons (Fsp3) is 0.286. The van der Waals surface area contributed by atoms with Crippen LogP contribution in [-0.2, 0) is 10.0 Å². The van der Waals surface area contributed by atoms with E-state index in [0.717, 1.165) is 16.4 Å². The summed E-state index contributed by atoms with van der Waals surface area (Å²) in [5, 5.41) is 3.54. The van der Waals surface area contributed by atoms with Crippen LogP contribution in [0.3, 0.4) is 0 Å². The fourth-order valence-corrected chi connectivity index (χ4v) is 5.85. The maximum atomic E-state index is 12.9. The molecule has 0 saturated carbocycles. The largest absolute Gasteiger partial charge is 0.345 e. The topological polar surface area (TPSA) is 53.5 Å². The first-order valence-corrected chi connectivity index (χ1v) is 12.1. The molecule has 2 aromatic carbocycles. The molecule has 1 aliphatic rings. The summed E-state index contributed by atoms with van der Waals surface area (Å²) in [6, 6.07) is 12.7. The van der Waals surface area contributed by atoms with E-state index in [-0.39, 0.29) is 4.90 Å². The number of piperazine rings is 1. The second kappa shape index (κ2) is 8.07. The van der Waals surface area contributed by atoms with Crippen LogP contribution < -0.4 is 4.90 Å². The zero-order valence-electron chi connectivity index (χ0n) is 16.3. The van der Waals surface area contributed by atoms with Crippen molar-refractivity contribution in [1.29, 1.82) is 0 Å². The third kappa shape index (κ3) is 4.19. The van der Waals surface area contributed by atoms with Crippen molar-refractivity contribution in [2.45, 2.75) is 18.7 Å². The Morgan fingerprint density at radius 3 is 2.38 bits per heavy atom. The Bertz CT molecular complexity index is 1120. The van der Waals surface area contributed by atoms with E-state index in [1.54, 1.807) is 35.6 Å². The number of rotatable bonds is 4. The maximum absolute atomic E-state index is 12.9. The van der Waals surface area contributed by atoms with Gasteiger partial charge in [0.2, 0.25) is 10.0 Å². The van der Waals surface area contributed by atoms with Crippen LogP contribution in [0.15, 0.2) is 52.7 Å². The Morgan fingerprint density at radius 2 is 1.69 bits per heavy atom. The molecular formula is C21H22ClN3O2S2. The van der Waals surface area contributed by atoms with Crippen LogP contribution in [0, 0.1) is 13.8 Å². The van der Waals surface area contributed by atoms with Crippen LogP contribution in [-0.4, -0.2) is 43.9 Å². The van der Waals surface area contributed by atoms with E-state index >= 15 is 0 Å². The molecule has 1 aliphatic heterocycles. The number of nitrogens with zero attached hydrogens (tertiary/aromatic N) is 3. The number of aryl methyl sites for hydroxylation is 2. The second-order valence-electron chi connectivity index (χ2n) is 7.18. The molecule has 0 atom stereocenters. The Morgan fingerprint density at radius 1 is 1.00 bits per heavy atom. The van der Waals surface area contributed by atoms with E-state index in [2.05, 4.69) is 42.3 Å². The van der Waals surface area contributed by atoms with E-state index in [1.807, 2.05) is 0 Å².